The zero-order chi connectivity index (χ0) is 16.8. The Balaban J connectivity index is 1.37. The number of benzene rings is 1. The van der Waals surface area contributed by atoms with E-state index in [1.165, 1.54) is 0 Å². The lowest BCUT2D eigenvalue weighted by Crippen LogP contribution is -2.51. The second-order valence-corrected chi connectivity index (χ2v) is 6.45. The van der Waals surface area contributed by atoms with Crippen molar-refractivity contribution in [2.24, 2.45) is 0 Å². The van der Waals surface area contributed by atoms with Crippen molar-refractivity contribution in [3.63, 3.8) is 0 Å². The van der Waals surface area contributed by atoms with E-state index in [1.54, 1.807) is 4.90 Å². The summed E-state index contributed by atoms with van der Waals surface area (Å²) in [6, 6.07) is 9.69. The minimum Gasteiger partial charge on any atom is -0.445 e. The Morgan fingerprint density at radius 1 is 1.25 bits per heavy atom. The lowest BCUT2D eigenvalue weighted by molar-refractivity contribution is -0.0248. The van der Waals surface area contributed by atoms with E-state index in [2.05, 4.69) is 4.90 Å². The lowest BCUT2D eigenvalue weighted by atomic mass is 10.1. The van der Waals surface area contributed by atoms with Crippen LogP contribution in [-0.4, -0.2) is 72.5 Å². The van der Waals surface area contributed by atoms with Crippen molar-refractivity contribution in [1.82, 2.24) is 9.80 Å². The second kappa shape index (κ2) is 8.46. The van der Waals surface area contributed by atoms with Crippen molar-refractivity contribution in [3.8, 4) is 0 Å². The van der Waals surface area contributed by atoms with Crippen LogP contribution >= 0.6 is 0 Å². The molecule has 132 valence electrons. The van der Waals surface area contributed by atoms with Gasteiger partial charge in [0.15, 0.2) is 0 Å². The van der Waals surface area contributed by atoms with Gasteiger partial charge in [0.1, 0.15) is 6.61 Å². The molecule has 0 saturated carbocycles. The summed E-state index contributed by atoms with van der Waals surface area (Å²) >= 11 is 0. The molecule has 2 saturated heterocycles. The van der Waals surface area contributed by atoms with Crippen molar-refractivity contribution in [2.75, 3.05) is 39.3 Å². The molecule has 0 aliphatic carbocycles. The van der Waals surface area contributed by atoms with E-state index >= 15 is 0 Å². The summed E-state index contributed by atoms with van der Waals surface area (Å²) in [5.41, 5.74) is 0.990. The van der Waals surface area contributed by atoms with Gasteiger partial charge in [-0.3, -0.25) is 4.90 Å². The van der Waals surface area contributed by atoms with Crippen LogP contribution in [0.15, 0.2) is 30.3 Å². The fraction of sp³-hybridized carbons (Fsp3) is 0.611. The normalized spacial score (nSPS) is 23.2. The van der Waals surface area contributed by atoms with Crippen molar-refractivity contribution in [1.29, 1.82) is 0 Å². The molecule has 2 unspecified atom stereocenters. The molecule has 24 heavy (non-hydrogen) atoms. The molecule has 0 spiro atoms. The van der Waals surface area contributed by atoms with Crippen LogP contribution in [0.25, 0.3) is 0 Å². The van der Waals surface area contributed by atoms with E-state index in [0.29, 0.717) is 26.2 Å². The van der Waals surface area contributed by atoms with Gasteiger partial charge in [-0.2, -0.15) is 0 Å². The first kappa shape index (κ1) is 17.2. The molecule has 3 rings (SSSR count). The SMILES string of the molecule is O=C(OCc1ccccc1)N1CCN(CC(O)C2CCCO2)CC1. The molecule has 6 heteroatoms. The van der Waals surface area contributed by atoms with Crippen LogP contribution in [0.2, 0.25) is 0 Å². The van der Waals surface area contributed by atoms with Crippen LogP contribution < -0.4 is 0 Å². The van der Waals surface area contributed by atoms with E-state index < -0.39 is 6.10 Å². The Hall–Kier alpha value is -1.63. The maximum absolute atomic E-state index is 12.1. The predicted octanol–water partition coefficient (Wildman–Crippen LogP) is 1.48. The van der Waals surface area contributed by atoms with Gasteiger partial charge in [0, 0.05) is 39.3 Å². The number of amides is 1. The fourth-order valence-corrected chi connectivity index (χ4v) is 3.21. The molecule has 2 heterocycles. The quantitative estimate of drug-likeness (QED) is 0.884. The standard InChI is InChI=1S/C18H26N2O4/c21-16(17-7-4-12-23-17)13-19-8-10-20(11-9-19)18(22)24-14-15-5-2-1-3-6-15/h1-3,5-6,16-17,21H,4,7-14H2. The Morgan fingerprint density at radius 3 is 2.67 bits per heavy atom. The Morgan fingerprint density at radius 2 is 2.00 bits per heavy atom. The van der Waals surface area contributed by atoms with Gasteiger partial charge in [-0.1, -0.05) is 30.3 Å². The minimum absolute atomic E-state index is 0.0288. The Labute approximate surface area is 143 Å². The monoisotopic (exact) mass is 334 g/mol. The maximum Gasteiger partial charge on any atom is 0.410 e. The molecular formula is C18H26N2O4. The molecule has 2 fully saturated rings. The molecule has 1 amide bonds. The van der Waals surface area contributed by atoms with Gasteiger partial charge in [0.25, 0.3) is 0 Å². The van der Waals surface area contributed by atoms with Crippen molar-refractivity contribution < 1.29 is 19.4 Å². The fourth-order valence-electron chi connectivity index (χ4n) is 3.21. The molecular weight excluding hydrogens is 308 g/mol. The Bertz CT molecular complexity index is 511. The summed E-state index contributed by atoms with van der Waals surface area (Å²) in [6.45, 7) is 4.43. The molecule has 1 N–H and O–H groups in total. The topological polar surface area (TPSA) is 62.2 Å². The van der Waals surface area contributed by atoms with E-state index in [4.69, 9.17) is 9.47 Å². The van der Waals surface area contributed by atoms with Crippen molar-refractivity contribution in [3.05, 3.63) is 35.9 Å². The molecule has 2 aliphatic heterocycles. The molecule has 1 aromatic carbocycles. The molecule has 6 nitrogen and oxygen atoms in total. The highest BCUT2D eigenvalue weighted by atomic mass is 16.6. The minimum atomic E-state index is -0.441. The van der Waals surface area contributed by atoms with Crippen molar-refractivity contribution >= 4 is 6.09 Å². The van der Waals surface area contributed by atoms with Crippen LogP contribution in [-0.2, 0) is 16.1 Å². The van der Waals surface area contributed by atoms with Gasteiger partial charge < -0.3 is 19.5 Å². The van der Waals surface area contributed by atoms with Crippen LogP contribution in [0.4, 0.5) is 4.79 Å². The first-order valence-electron chi connectivity index (χ1n) is 8.70. The second-order valence-electron chi connectivity index (χ2n) is 6.45. The zero-order valence-corrected chi connectivity index (χ0v) is 14.0. The number of aliphatic hydroxyl groups is 1. The number of aliphatic hydroxyl groups excluding tert-OH is 1. The summed E-state index contributed by atoms with van der Waals surface area (Å²) < 4.78 is 10.9. The van der Waals surface area contributed by atoms with Gasteiger partial charge in [0.05, 0.1) is 12.2 Å². The molecule has 1 aromatic rings. The van der Waals surface area contributed by atoms with Crippen LogP contribution in [0.5, 0.6) is 0 Å². The van der Waals surface area contributed by atoms with E-state index in [9.17, 15) is 9.90 Å². The number of carbonyl (C=O) groups is 1. The summed E-state index contributed by atoms with van der Waals surface area (Å²) in [5.74, 6) is 0. The number of hydrogen-bond donors (Lipinski definition) is 1. The van der Waals surface area contributed by atoms with Gasteiger partial charge in [0.2, 0.25) is 0 Å². The van der Waals surface area contributed by atoms with Gasteiger partial charge in [-0.15, -0.1) is 0 Å². The van der Waals surface area contributed by atoms with E-state index in [0.717, 1.165) is 38.1 Å². The van der Waals surface area contributed by atoms with E-state index in [1.807, 2.05) is 30.3 Å². The van der Waals surface area contributed by atoms with E-state index in [-0.39, 0.29) is 12.2 Å². The van der Waals surface area contributed by atoms with Gasteiger partial charge >= 0.3 is 6.09 Å². The first-order valence-corrected chi connectivity index (χ1v) is 8.70. The number of nitrogens with zero attached hydrogens (tertiary/aromatic N) is 2. The number of β-amino-alcohol motifs (C(OH)–C–C–N with tert-alkyl or cyclic N) is 1. The predicted molar refractivity (Wildman–Crippen MR) is 89.6 cm³/mol. The number of hydrogen-bond acceptors (Lipinski definition) is 5. The van der Waals surface area contributed by atoms with Crippen molar-refractivity contribution in [2.45, 2.75) is 31.7 Å². The Kier molecular flexibility index (Phi) is 6.07. The summed E-state index contributed by atoms with van der Waals surface area (Å²) in [4.78, 5) is 16.0. The average Bonchev–Trinajstić information content (AvgIpc) is 3.16. The third-order valence-corrected chi connectivity index (χ3v) is 4.67. The molecule has 0 aromatic heterocycles. The molecule has 0 bridgehead atoms. The van der Waals surface area contributed by atoms with Gasteiger partial charge in [-0.25, -0.2) is 4.79 Å². The first-order chi connectivity index (χ1) is 11.7. The number of ether oxygens (including phenoxy) is 2. The molecule has 2 aliphatic rings. The summed E-state index contributed by atoms with van der Waals surface area (Å²) in [7, 11) is 0. The average molecular weight is 334 g/mol. The maximum atomic E-state index is 12.1. The molecule has 2 atom stereocenters. The van der Waals surface area contributed by atoms with Crippen LogP contribution in [0, 0.1) is 0 Å². The summed E-state index contributed by atoms with van der Waals surface area (Å²) in [6.07, 6.45) is 1.23. The third-order valence-electron chi connectivity index (χ3n) is 4.67. The third kappa shape index (κ3) is 4.69. The summed E-state index contributed by atoms with van der Waals surface area (Å²) in [5, 5.41) is 10.2. The zero-order valence-electron chi connectivity index (χ0n) is 14.0. The number of carbonyl (C=O) groups excluding carboxylic acids is 1. The molecule has 0 radical (unpaired) electrons. The lowest BCUT2D eigenvalue weighted by Gasteiger charge is -2.35. The highest BCUT2D eigenvalue weighted by molar-refractivity contribution is 5.67. The largest absolute Gasteiger partial charge is 0.445 e. The highest BCUT2D eigenvalue weighted by Gasteiger charge is 2.28. The van der Waals surface area contributed by atoms with Gasteiger partial charge in [-0.05, 0) is 18.4 Å². The smallest absolute Gasteiger partial charge is 0.410 e. The highest BCUT2D eigenvalue weighted by Crippen LogP contribution is 2.17. The number of piperazine rings is 1. The number of rotatable bonds is 5. The van der Waals surface area contributed by atoms with Crippen LogP contribution in [0.3, 0.4) is 0 Å². The van der Waals surface area contributed by atoms with Crippen LogP contribution in [0.1, 0.15) is 18.4 Å².